The van der Waals surface area contributed by atoms with E-state index in [0.717, 1.165) is 39.9 Å². The van der Waals surface area contributed by atoms with Gasteiger partial charge in [0.2, 0.25) is 0 Å². The molecule has 2 aromatic rings. The van der Waals surface area contributed by atoms with Crippen molar-refractivity contribution in [2.75, 3.05) is 11.9 Å². The van der Waals surface area contributed by atoms with Crippen molar-refractivity contribution in [3.05, 3.63) is 53.6 Å². The number of hydrogen-bond acceptors (Lipinski definition) is 2. The zero-order chi connectivity index (χ0) is 15.8. The third-order valence-corrected chi connectivity index (χ3v) is 4.57. The summed E-state index contributed by atoms with van der Waals surface area (Å²) in [6.45, 7) is 3.06. The van der Waals surface area contributed by atoms with Crippen molar-refractivity contribution in [1.82, 2.24) is 5.32 Å². The molecule has 2 rings (SSSR count). The second-order valence-electron chi connectivity index (χ2n) is 4.79. The number of nitrogens with one attached hydrogen (secondary N) is 2. The summed E-state index contributed by atoms with van der Waals surface area (Å²) in [5.41, 5.74) is 1.01. The molecule has 0 fully saturated rings. The van der Waals surface area contributed by atoms with Gasteiger partial charge in [0, 0.05) is 21.4 Å². The van der Waals surface area contributed by atoms with Crippen LogP contribution in [-0.2, 0) is 0 Å². The van der Waals surface area contributed by atoms with Crippen molar-refractivity contribution in [3.63, 3.8) is 0 Å². The van der Waals surface area contributed by atoms with Crippen LogP contribution >= 0.6 is 35.6 Å². The first-order valence-corrected chi connectivity index (χ1v) is 8.86. The second kappa shape index (κ2) is 9.03. The summed E-state index contributed by atoms with van der Waals surface area (Å²) in [5.74, 6) is 0. The molecule has 116 valence electrons. The monoisotopic (exact) mass is 350 g/mol. The van der Waals surface area contributed by atoms with E-state index in [0.29, 0.717) is 5.11 Å². The van der Waals surface area contributed by atoms with Crippen LogP contribution in [0.3, 0.4) is 0 Å². The van der Waals surface area contributed by atoms with Crippen LogP contribution in [0.5, 0.6) is 0 Å². The average molecular weight is 351 g/mol. The van der Waals surface area contributed by atoms with Crippen LogP contribution in [0.1, 0.15) is 19.8 Å². The van der Waals surface area contributed by atoms with E-state index in [1.165, 1.54) is 0 Å². The van der Waals surface area contributed by atoms with E-state index in [4.69, 9.17) is 23.8 Å². The van der Waals surface area contributed by atoms with Crippen molar-refractivity contribution >= 4 is 46.4 Å². The van der Waals surface area contributed by atoms with Crippen LogP contribution < -0.4 is 10.6 Å². The Morgan fingerprint density at radius 3 is 2.59 bits per heavy atom. The Labute approximate surface area is 146 Å². The summed E-state index contributed by atoms with van der Waals surface area (Å²) >= 11 is 13.0. The smallest absolute Gasteiger partial charge is 0.170 e. The minimum absolute atomic E-state index is 0.664. The first-order valence-electron chi connectivity index (χ1n) is 7.26. The van der Waals surface area contributed by atoms with Crippen LogP contribution in [0, 0.1) is 0 Å². The van der Waals surface area contributed by atoms with Crippen LogP contribution in [0.25, 0.3) is 0 Å². The number of anilines is 1. The van der Waals surface area contributed by atoms with E-state index in [1.807, 2.05) is 42.5 Å². The molecule has 5 heteroatoms. The summed E-state index contributed by atoms with van der Waals surface area (Å²) in [6, 6.07) is 16.0. The zero-order valence-corrected chi connectivity index (χ0v) is 14.8. The molecule has 0 unspecified atom stereocenters. The van der Waals surface area contributed by atoms with Gasteiger partial charge in [-0.15, -0.1) is 0 Å². The molecule has 0 spiro atoms. The lowest BCUT2D eigenvalue weighted by Gasteiger charge is -2.13. The molecule has 0 aromatic heterocycles. The molecule has 0 bridgehead atoms. The quantitative estimate of drug-likeness (QED) is 0.524. The number of hydrogen-bond donors (Lipinski definition) is 2. The van der Waals surface area contributed by atoms with Gasteiger partial charge in [0.1, 0.15) is 0 Å². The number of thiocarbonyl (C=S) groups is 1. The van der Waals surface area contributed by atoms with Crippen molar-refractivity contribution < 1.29 is 0 Å². The van der Waals surface area contributed by atoms with Crippen LogP contribution in [0.15, 0.2) is 58.3 Å². The maximum Gasteiger partial charge on any atom is 0.170 e. The van der Waals surface area contributed by atoms with Gasteiger partial charge in [0.25, 0.3) is 0 Å². The van der Waals surface area contributed by atoms with Crippen molar-refractivity contribution in [3.8, 4) is 0 Å². The van der Waals surface area contributed by atoms with Crippen LogP contribution in [0.2, 0.25) is 5.02 Å². The van der Waals surface area contributed by atoms with Gasteiger partial charge in [-0.3, -0.25) is 0 Å². The number of para-hydroxylation sites is 1. The van der Waals surface area contributed by atoms with Gasteiger partial charge in [0.15, 0.2) is 5.11 Å². The fraction of sp³-hybridized carbons (Fsp3) is 0.235. The van der Waals surface area contributed by atoms with Crippen LogP contribution in [0.4, 0.5) is 5.69 Å². The molecule has 0 saturated heterocycles. The predicted molar refractivity (Wildman–Crippen MR) is 101 cm³/mol. The molecule has 0 aliphatic rings. The van der Waals surface area contributed by atoms with Gasteiger partial charge in [-0.2, -0.15) is 0 Å². The molecular formula is C17H19ClN2S2. The number of unbranched alkanes of at least 4 members (excludes halogenated alkanes) is 1. The Morgan fingerprint density at radius 1 is 1.14 bits per heavy atom. The molecule has 22 heavy (non-hydrogen) atoms. The van der Waals surface area contributed by atoms with Crippen molar-refractivity contribution in [2.24, 2.45) is 0 Å². The lowest BCUT2D eigenvalue weighted by atomic mass is 10.3. The Hall–Kier alpha value is -1.23. The van der Waals surface area contributed by atoms with E-state index in [9.17, 15) is 0 Å². The highest BCUT2D eigenvalue weighted by Crippen LogP contribution is 2.33. The highest BCUT2D eigenvalue weighted by atomic mass is 35.5. The molecule has 0 radical (unpaired) electrons. The fourth-order valence-corrected chi connectivity index (χ4v) is 3.07. The third kappa shape index (κ3) is 5.52. The predicted octanol–water partition coefficient (Wildman–Crippen LogP) is 5.58. The van der Waals surface area contributed by atoms with E-state index in [1.54, 1.807) is 11.8 Å². The van der Waals surface area contributed by atoms with Crippen molar-refractivity contribution in [1.29, 1.82) is 0 Å². The maximum absolute atomic E-state index is 5.93. The van der Waals surface area contributed by atoms with Crippen LogP contribution in [-0.4, -0.2) is 11.7 Å². The fourth-order valence-electron chi connectivity index (χ4n) is 1.83. The Kier molecular flexibility index (Phi) is 7.03. The van der Waals surface area contributed by atoms with E-state index in [2.05, 4.69) is 23.6 Å². The topological polar surface area (TPSA) is 24.1 Å². The van der Waals surface area contributed by atoms with E-state index >= 15 is 0 Å². The van der Waals surface area contributed by atoms with Gasteiger partial charge in [-0.05, 0) is 55.0 Å². The largest absolute Gasteiger partial charge is 0.362 e. The molecule has 2 nitrogen and oxygen atoms in total. The highest BCUT2D eigenvalue weighted by molar-refractivity contribution is 7.99. The first-order chi connectivity index (χ1) is 10.7. The molecule has 0 aliphatic carbocycles. The highest BCUT2D eigenvalue weighted by Gasteiger charge is 2.05. The molecule has 0 amide bonds. The van der Waals surface area contributed by atoms with Gasteiger partial charge in [-0.1, -0.05) is 48.8 Å². The summed E-state index contributed by atoms with van der Waals surface area (Å²) in [6.07, 6.45) is 2.27. The summed E-state index contributed by atoms with van der Waals surface area (Å²) in [5, 5.41) is 7.91. The second-order valence-corrected chi connectivity index (χ2v) is 6.75. The SMILES string of the molecule is CCCCNC(=S)Nc1ccccc1Sc1ccc(Cl)cc1. The summed E-state index contributed by atoms with van der Waals surface area (Å²) in [4.78, 5) is 2.27. The molecule has 0 atom stereocenters. The molecule has 2 aromatic carbocycles. The molecule has 0 aliphatic heterocycles. The average Bonchev–Trinajstić information content (AvgIpc) is 2.52. The number of halogens is 1. The maximum atomic E-state index is 5.93. The molecule has 2 N–H and O–H groups in total. The van der Waals surface area contributed by atoms with E-state index < -0.39 is 0 Å². The Morgan fingerprint density at radius 2 is 1.86 bits per heavy atom. The normalized spacial score (nSPS) is 10.3. The minimum atomic E-state index is 0.664. The third-order valence-electron chi connectivity index (χ3n) is 2.99. The van der Waals surface area contributed by atoms with Gasteiger partial charge < -0.3 is 10.6 Å². The molecule has 0 heterocycles. The minimum Gasteiger partial charge on any atom is -0.362 e. The first kappa shape index (κ1) is 17.1. The standard InChI is InChI=1S/C17H19ClN2S2/c1-2-3-12-19-17(21)20-15-6-4-5-7-16(15)22-14-10-8-13(18)9-11-14/h4-11H,2-3,12H2,1H3,(H2,19,20,21). The van der Waals surface area contributed by atoms with E-state index in [-0.39, 0.29) is 0 Å². The zero-order valence-electron chi connectivity index (χ0n) is 12.4. The summed E-state index contributed by atoms with van der Waals surface area (Å²) in [7, 11) is 0. The molecular weight excluding hydrogens is 332 g/mol. The van der Waals surface area contributed by atoms with Gasteiger partial charge in [0.05, 0.1) is 5.69 Å². The lowest BCUT2D eigenvalue weighted by molar-refractivity contribution is 0.758. The van der Waals surface area contributed by atoms with Gasteiger partial charge >= 0.3 is 0 Å². The lowest BCUT2D eigenvalue weighted by Crippen LogP contribution is -2.29. The van der Waals surface area contributed by atoms with Gasteiger partial charge in [-0.25, -0.2) is 0 Å². The summed E-state index contributed by atoms with van der Waals surface area (Å²) < 4.78 is 0. The Balaban J connectivity index is 2.03. The van der Waals surface area contributed by atoms with Crippen molar-refractivity contribution in [2.45, 2.75) is 29.6 Å². The number of benzene rings is 2. The molecule has 0 saturated carbocycles. The number of rotatable bonds is 6. The Bertz CT molecular complexity index is 614.